The summed E-state index contributed by atoms with van der Waals surface area (Å²) < 4.78 is 0. The van der Waals surface area contributed by atoms with Crippen molar-refractivity contribution in [3.63, 3.8) is 0 Å². The van der Waals surface area contributed by atoms with Gasteiger partial charge in [-0.2, -0.15) is 0 Å². The van der Waals surface area contributed by atoms with Gasteiger partial charge in [0.15, 0.2) is 0 Å². The molecule has 11 heavy (non-hydrogen) atoms. The third-order valence-electron chi connectivity index (χ3n) is 1.49. The van der Waals surface area contributed by atoms with Crippen molar-refractivity contribution in [1.29, 1.82) is 0 Å². The molecule has 0 aliphatic carbocycles. The minimum Gasteiger partial charge on any atom is -0.316 e. The van der Waals surface area contributed by atoms with E-state index in [0.717, 1.165) is 6.54 Å². The van der Waals surface area contributed by atoms with E-state index in [0.29, 0.717) is 5.92 Å². The zero-order valence-corrected chi connectivity index (χ0v) is 7.93. The Morgan fingerprint density at radius 2 is 2.00 bits per heavy atom. The second-order valence-electron chi connectivity index (χ2n) is 3.36. The summed E-state index contributed by atoms with van der Waals surface area (Å²) in [6.45, 7) is 7.41. The first-order chi connectivity index (χ1) is 5.13. The highest BCUT2D eigenvalue weighted by molar-refractivity contribution is 4.68. The lowest BCUT2D eigenvalue weighted by atomic mass is 10.1. The van der Waals surface area contributed by atoms with E-state index >= 15 is 0 Å². The van der Waals surface area contributed by atoms with E-state index < -0.39 is 0 Å². The molecule has 2 heteroatoms. The Bertz CT molecular complexity index is 69.6. The molecule has 1 unspecified atom stereocenters. The second kappa shape index (κ2) is 6.62. The summed E-state index contributed by atoms with van der Waals surface area (Å²) in [6.07, 6.45) is 4.86. The van der Waals surface area contributed by atoms with Crippen LogP contribution in [0.3, 0.4) is 0 Å². The molecule has 67 valence electrons. The number of nitrogens with two attached hydrogens (primary N) is 1. The van der Waals surface area contributed by atoms with Crippen LogP contribution in [-0.4, -0.2) is 12.7 Å². The summed E-state index contributed by atoms with van der Waals surface area (Å²) in [5.41, 5.74) is 5.51. The van der Waals surface area contributed by atoms with Gasteiger partial charge in [-0.3, -0.25) is 0 Å². The van der Waals surface area contributed by atoms with Crippen LogP contribution in [-0.2, 0) is 0 Å². The van der Waals surface area contributed by atoms with Crippen LogP contribution in [0.2, 0.25) is 0 Å². The Balaban J connectivity index is 2.91. The molecule has 0 rings (SSSR count). The van der Waals surface area contributed by atoms with Crippen LogP contribution in [0.25, 0.3) is 0 Å². The Kier molecular flexibility index (Phi) is 6.57. The van der Waals surface area contributed by atoms with E-state index in [9.17, 15) is 0 Å². The largest absolute Gasteiger partial charge is 0.316 e. The van der Waals surface area contributed by atoms with Gasteiger partial charge in [-0.1, -0.05) is 13.8 Å². The molecule has 0 heterocycles. The molecule has 0 saturated heterocycles. The summed E-state index contributed by atoms with van der Waals surface area (Å²) in [5.74, 6) is 0.713. The summed E-state index contributed by atoms with van der Waals surface area (Å²) in [4.78, 5) is 0. The maximum atomic E-state index is 5.51. The van der Waals surface area contributed by atoms with E-state index in [4.69, 9.17) is 5.73 Å². The SMILES string of the molecule is CC(C)[CH]CCCNC(C)N. The lowest BCUT2D eigenvalue weighted by molar-refractivity contribution is 0.542. The predicted molar refractivity (Wildman–Crippen MR) is 50.0 cm³/mol. The topological polar surface area (TPSA) is 38.0 Å². The van der Waals surface area contributed by atoms with Gasteiger partial charge in [0.25, 0.3) is 0 Å². The molecule has 0 fully saturated rings. The van der Waals surface area contributed by atoms with E-state index in [1.54, 1.807) is 0 Å². The van der Waals surface area contributed by atoms with Crippen molar-refractivity contribution in [3.05, 3.63) is 6.42 Å². The van der Waals surface area contributed by atoms with Crippen LogP contribution in [0.1, 0.15) is 33.6 Å². The molecule has 0 aromatic heterocycles. The number of nitrogens with one attached hydrogen (secondary N) is 1. The highest BCUT2D eigenvalue weighted by atomic mass is 15.0. The third kappa shape index (κ3) is 9.92. The number of rotatable bonds is 6. The molecular weight excluding hydrogens is 136 g/mol. The predicted octanol–water partition coefficient (Wildman–Crippen LogP) is 1.52. The van der Waals surface area contributed by atoms with Gasteiger partial charge in [0.05, 0.1) is 6.17 Å². The number of unbranched alkanes of at least 4 members (excludes halogenated alkanes) is 1. The lowest BCUT2D eigenvalue weighted by Crippen LogP contribution is -2.34. The van der Waals surface area contributed by atoms with Crippen LogP contribution in [0.5, 0.6) is 0 Å². The second-order valence-corrected chi connectivity index (χ2v) is 3.36. The molecule has 0 aromatic carbocycles. The molecule has 0 saturated carbocycles. The van der Waals surface area contributed by atoms with Crippen LogP contribution in [0.4, 0.5) is 0 Å². The van der Waals surface area contributed by atoms with E-state index in [1.165, 1.54) is 12.8 Å². The van der Waals surface area contributed by atoms with Crippen LogP contribution < -0.4 is 11.1 Å². The Morgan fingerprint density at radius 3 is 2.45 bits per heavy atom. The smallest absolute Gasteiger partial charge is 0.0517 e. The fraction of sp³-hybridized carbons (Fsp3) is 0.889. The van der Waals surface area contributed by atoms with Gasteiger partial charge in [-0.15, -0.1) is 0 Å². The molecule has 2 nitrogen and oxygen atoms in total. The van der Waals surface area contributed by atoms with Gasteiger partial charge in [-0.25, -0.2) is 0 Å². The number of hydrogen-bond donors (Lipinski definition) is 2. The first-order valence-corrected chi connectivity index (χ1v) is 4.45. The molecular formula is C9H21N2. The van der Waals surface area contributed by atoms with Crippen molar-refractivity contribution in [1.82, 2.24) is 5.32 Å². The maximum absolute atomic E-state index is 5.51. The van der Waals surface area contributed by atoms with Crippen LogP contribution in [0.15, 0.2) is 0 Å². The molecule has 0 spiro atoms. The molecule has 1 atom stereocenters. The average molecular weight is 157 g/mol. The Labute approximate surface area is 70.5 Å². The van der Waals surface area contributed by atoms with Gasteiger partial charge >= 0.3 is 0 Å². The summed E-state index contributed by atoms with van der Waals surface area (Å²) in [5, 5.41) is 3.18. The van der Waals surface area contributed by atoms with Gasteiger partial charge in [0.1, 0.15) is 0 Å². The minimum absolute atomic E-state index is 0.133. The molecule has 0 aliphatic rings. The first-order valence-electron chi connectivity index (χ1n) is 4.45. The van der Waals surface area contributed by atoms with Crippen LogP contribution in [0, 0.1) is 12.3 Å². The molecule has 1 radical (unpaired) electrons. The standard InChI is InChI=1S/C9H21N2/c1-8(2)6-4-5-7-11-9(3)10/h6,8-9,11H,4-5,7,10H2,1-3H3. The highest BCUT2D eigenvalue weighted by Gasteiger charge is 1.95. The number of hydrogen-bond acceptors (Lipinski definition) is 2. The van der Waals surface area contributed by atoms with Crippen molar-refractivity contribution in [2.24, 2.45) is 11.7 Å². The summed E-state index contributed by atoms with van der Waals surface area (Å²) >= 11 is 0. The summed E-state index contributed by atoms with van der Waals surface area (Å²) in [7, 11) is 0. The Hall–Kier alpha value is -0.0800. The van der Waals surface area contributed by atoms with Gasteiger partial charge < -0.3 is 11.1 Å². The summed E-state index contributed by atoms with van der Waals surface area (Å²) in [6, 6.07) is 0. The molecule has 0 bridgehead atoms. The van der Waals surface area contributed by atoms with Gasteiger partial charge in [0, 0.05) is 0 Å². The zero-order valence-electron chi connectivity index (χ0n) is 7.93. The molecule has 3 N–H and O–H groups in total. The quantitative estimate of drug-likeness (QED) is 0.453. The van der Waals surface area contributed by atoms with E-state index in [2.05, 4.69) is 25.6 Å². The molecule has 0 aromatic rings. The lowest BCUT2D eigenvalue weighted by Gasteiger charge is -2.08. The zero-order chi connectivity index (χ0) is 8.69. The fourth-order valence-electron chi connectivity index (χ4n) is 0.883. The van der Waals surface area contributed by atoms with Crippen molar-refractivity contribution < 1.29 is 0 Å². The van der Waals surface area contributed by atoms with Crippen molar-refractivity contribution in [2.75, 3.05) is 6.54 Å². The molecule has 0 amide bonds. The first kappa shape index (κ1) is 10.9. The highest BCUT2D eigenvalue weighted by Crippen LogP contribution is 2.03. The van der Waals surface area contributed by atoms with Crippen molar-refractivity contribution in [2.45, 2.75) is 39.8 Å². The van der Waals surface area contributed by atoms with Gasteiger partial charge in [0.2, 0.25) is 0 Å². The minimum atomic E-state index is 0.133. The third-order valence-corrected chi connectivity index (χ3v) is 1.49. The average Bonchev–Trinajstić information content (AvgIpc) is 1.85. The van der Waals surface area contributed by atoms with Gasteiger partial charge in [-0.05, 0) is 38.6 Å². The normalized spacial score (nSPS) is 13.9. The van der Waals surface area contributed by atoms with Crippen molar-refractivity contribution in [3.8, 4) is 0 Å². The molecule has 0 aliphatic heterocycles. The van der Waals surface area contributed by atoms with Crippen LogP contribution >= 0.6 is 0 Å². The monoisotopic (exact) mass is 157 g/mol. The Morgan fingerprint density at radius 1 is 1.36 bits per heavy atom. The maximum Gasteiger partial charge on any atom is 0.0517 e. The van der Waals surface area contributed by atoms with E-state index in [1.807, 2.05) is 6.92 Å². The fourth-order valence-corrected chi connectivity index (χ4v) is 0.883. The van der Waals surface area contributed by atoms with E-state index in [-0.39, 0.29) is 6.17 Å². The van der Waals surface area contributed by atoms with Crippen molar-refractivity contribution >= 4 is 0 Å².